The Balaban J connectivity index is 1.38. The topological polar surface area (TPSA) is 59.4 Å². The average molecular weight is 354 g/mol. The van der Waals surface area contributed by atoms with Crippen LogP contribution in [0.3, 0.4) is 0 Å². The molecule has 132 valence electrons. The highest BCUT2D eigenvalue weighted by Crippen LogP contribution is 2.19. The summed E-state index contributed by atoms with van der Waals surface area (Å²) in [6, 6.07) is 25.8. The molecule has 1 heterocycles. The molecule has 0 amide bonds. The monoisotopic (exact) mass is 354 g/mol. The second kappa shape index (κ2) is 8.10. The maximum atomic E-state index is 5.79. The van der Waals surface area contributed by atoms with Gasteiger partial charge in [-0.25, -0.2) is 0 Å². The number of benzene rings is 3. The molecule has 0 saturated heterocycles. The number of nitrogens with zero attached hydrogens (tertiary/aromatic N) is 3. The molecule has 27 heavy (non-hydrogen) atoms. The summed E-state index contributed by atoms with van der Waals surface area (Å²) >= 11 is 0. The lowest BCUT2D eigenvalue weighted by Crippen LogP contribution is -1.97. The summed E-state index contributed by atoms with van der Waals surface area (Å²) in [6.45, 7) is 0.551. The quantitative estimate of drug-likeness (QED) is 0.404. The summed E-state index contributed by atoms with van der Waals surface area (Å²) in [5, 5.41) is 14.4. The van der Waals surface area contributed by atoms with Crippen LogP contribution in [0.2, 0.25) is 0 Å². The van der Waals surface area contributed by atoms with Crippen molar-refractivity contribution in [1.82, 2.24) is 10.2 Å². The Kier molecular flexibility index (Phi) is 5.02. The van der Waals surface area contributed by atoms with Crippen molar-refractivity contribution in [3.63, 3.8) is 0 Å². The molecule has 0 fully saturated rings. The van der Waals surface area contributed by atoms with E-state index in [1.165, 1.54) is 0 Å². The summed E-state index contributed by atoms with van der Waals surface area (Å²) < 4.78 is 5.79. The lowest BCUT2D eigenvalue weighted by atomic mass is 10.2. The van der Waals surface area contributed by atoms with E-state index >= 15 is 0 Å². The minimum absolute atomic E-state index is 0.551. The van der Waals surface area contributed by atoms with Crippen LogP contribution in [0.1, 0.15) is 11.1 Å². The zero-order valence-electron chi connectivity index (χ0n) is 14.6. The van der Waals surface area contributed by atoms with E-state index in [1.807, 2.05) is 78.9 Å². The molecule has 0 unspecified atom stereocenters. The third-order valence-corrected chi connectivity index (χ3v) is 4.08. The lowest BCUT2D eigenvalue weighted by Gasteiger charge is -2.06. The normalized spacial score (nSPS) is 11.0. The number of hydrazone groups is 1. The van der Waals surface area contributed by atoms with Gasteiger partial charge in [-0.05, 0) is 35.4 Å². The SMILES string of the molecule is C(=N\Nc1nncc2ccccc12)/c1ccc(OCc2ccccc2)cc1. The van der Waals surface area contributed by atoms with E-state index in [4.69, 9.17) is 4.74 Å². The van der Waals surface area contributed by atoms with Gasteiger partial charge in [-0.1, -0.05) is 54.6 Å². The number of anilines is 1. The molecular weight excluding hydrogens is 336 g/mol. The average Bonchev–Trinajstić information content (AvgIpc) is 2.74. The molecule has 0 atom stereocenters. The van der Waals surface area contributed by atoms with Crippen molar-refractivity contribution in [2.75, 3.05) is 5.43 Å². The van der Waals surface area contributed by atoms with Gasteiger partial charge in [-0.3, -0.25) is 5.43 Å². The fourth-order valence-electron chi connectivity index (χ4n) is 2.67. The fourth-order valence-corrected chi connectivity index (χ4v) is 2.67. The van der Waals surface area contributed by atoms with Gasteiger partial charge in [0.15, 0.2) is 5.82 Å². The second-order valence-corrected chi connectivity index (χ2v) is 5.99. The first-order valence-corrected chi connectivity index (χ1v) is 8.65. The van der Waals surface area contributed by atoms with Crippen LogP contribution in [0.4, 0.5) is 5.82 Å². The standard InChI is InChI=1S/C22H18N4O/c1-2-6-18(7-3-1)16-27-20-12-10-17(11-13-20)14-23-25-22-21-9-5-4-8-19(21)15-24-26-22/h1-15H,16H2,(H,25,26)/b23-14+. The maximum Gasteiger partial charge on any atom is 0.176 e. The zero-order chi connectivity index (χ0) is 18.3. The highest BCUT2D eigenvalue weighted by atomic mass is 16.5. The van der Waals surface area contributed by atoms with Crippen molar-refractivity contribution in [1.29, 1.82) is 0 Å². The number of fused-ring (bicyclic) bond motifs is 1. The summed E-state index contributed by atoms with van der Waals surface area (Å²) in [5.74, 6) is 1.45. The van der Waals surface area contributed by atoms with Crippen LogP contribution in [0.5, 0.6) is 5.75 Å². The molecule has 4 aromatic rings. The number of ether oxygens (including phenoxy) is 1. The van der Waals surface area contributed by atoms with E-state index < -0.39 is 0 Å². The highest BCUT2D eigenvalue weighted by molar-refractivity contribution is 5.91. The summed E-state index contributed by atoms with van der Waals surface area (Å²) in [5.41, 5.74) is 5.07. The fraction of sp³-hybridized carbons (Fsp3) is 0.0455. The van der Waals surface area contributed by atoms with Crippen LogP contribution >= 0.6 is 0 Å². The molecule has 1 aromatic heterocycles. The van der Waals surface area contributed by atoms with Gasteiger partial charge in [0.2, 0.25) is 0 Å². The van der Waals surface area contributed by atoms with Crippen molar-refractivity contribution in [3.05, 3.63) is 96.2 Å². The number of nitrogens with one attached hydrogen (secondary N) is 1. The van der Waals surface area contributed by atoms with Crippen LogP contribution in [0, 0.1) is 0 Å². The van der Waals surface area contributed by atoms with E-state index in [2.05, 4.69) is 20.7 Å². The van der Waals surface area contributed by atoms with Gasteiger partial charge in [-0.15, -0.1) is 5.10 Å². The largest absolute Gasteiger partial charge is 0.489 e. The van der Waals surface area contributed by atoms with Gasteiger partial charge in [0.1, 0.15) is 12.4 Å². The Labute approximate surface area is 157 Å². The van der Waals surface area contributed by atoms with Crippen molar-refractivity contribution in [3.8, 4) is 5.75 Å². The molecule has 0 radical (unpaired) electrons. The molecule has 0 aliphatic heterocycles. The molecule has 5 nitrogen and oxygen atoms in total. The number of rotatable bonds is 6. The minimum atomic E-state index is 0.551. The minimum Gasteiger partial charge on any atom is -0.489 e. The van der Waals surface area contributed by atoms with E-state index in [-0.39, 0.29) is 0 Å². The van der Waals surface area contributed by atoms with Crippen LogP contribution in [0.25, 0.3) is 10.8 Å². The first kappa shape index (κ1) is 16.7. The molecule has 1 N–H and O–H groups in total. The van der Waals surface area contributed by atoms with E-state index in [9.17, 15) is 0 Å². The number of aromatic nitrogens is 2. The Morgan fingerprint density at radius 1 is 0.889 bits per heavy atom. The van der Waals surface area contributed by atoms with Gasteiger partial charge in [0.25, 0.3) is 0 Å². The third-order valence-electron chi connectivity index (χ3n) is 4.08. The summed E-state index contributed by atoms with van der Waals surface area (Å²) in [4.78, 5) is 0. The smallest absolute Gasteiger partial charge is 0.176 e. The van der Waals surface area contributed by atoms with Crippen LogP contribution in [0.15, 0.2) is 90.2 Å². The van der Waals surface area contributed by atoms with Gasteiger partial charge in [-0.2, -0.15) is 10.2 Å². The van der Waals surface area contributed by atoms with Crippen molar-refractivity contribution >= 4 is 22.8 Å². The number of hydrogen-bond donors (Lipinski definition) is 1. The van der Waals surface area contributed by atoms with E-state index in [1.54, 1.807) is 12.4 Å². The van der Waals surface area contributed by atoms with E-state index in [0.29, 0.717) is 12.4 Å². The third kappa shape index (κ3) is 4.27. The van der Waals surface area contributed by atoms with Crippen molar-refractivity contribution in [2.24, 2.45) is 5.10 Å². The molecular formula is C22H18N4O. The second-order valence-electron chi connectivity index (χ2n) is 5.99. The van der Waals surface area contributed by atoms with Crippen LogP contribution < -0.4 is 10.2 Å². The Hall–Kier alpha value is -3.73. The lowest BCUT2D eigenvalue weighted by molar-refractivity contribution is 0.306. The first-order valence-electron chi connectivity index (χ1n) is 8.65. The maximum absolute atomic E-state index is 5.79. The predicted molar refractivity (Wildman–Crippen MR) is 108 cm³/mol. The first-order chi connectivity index (χ1) is 13.4. The van der Waals surface area contributed by atoms with Crippen molar-refractivity contribution in [2.45, 2.75) is 6.61 Å². The predicted octanol–water partition coefficient (Wildman–Crippen LogP) is 4.65. The van der Waals surface area contributed by atoms with Crippen LogP contribution in [-0.4, -0.2) is 16.4 Å². The molecule has 0 bridgehead atoms. The van der Waals surface area contributed by atoms with E-state index in [0.717, 1.165) is 27.6 Å². The molecule has 3 aromatic carbocycles. The Morgan fingerprint density at radius 2 is 1.67 bits per heavy atom. The van der Waals surface area contributed by atoms with Gasteiger partial charge >= 0.3 is 0 Å². The zero-order valence-corrected chi connectivity index (χ0v) is 14.6. The number of hydrogen-bond acceptors (Lipinski definition) is 5. The van der Waals surface area contributed by atoms with Crippen molar-refractivity contribution < 1.29 is 4.74 Å². The highest BCUT2D eigenvalue weighted by Gasteiger charge is 2.01. The summed E-state index contributed by atoms with van der Waals surface area (Å²) in [7, 11) is 0. The van der Waals surface area contributed by atoms with Gasteiger partial charge in [0.05, 0.1) is 12.4 Å². The van der Waals surface area contributed by atoms with Gasteiger partial charge in [0, 0.05) is 10.8 Å². The molecule has 4 rings (SSSR count). The molecule has 0 aliphatic carbocycles. The Bertz CT molecular complexity index is 1040. The molecule has 0 saturated carbocycles. The summed E-state index contributed by atoms with van der Waals surface area (Å²) in [6.07, 6.45) is 3.48. The van der Waals surface area contributed by atoms with Crippen LogP contribution in [-0.2, 0) is 6.61 Å². The molecule has 0 aliphatic rings. The molecule has 0 spiro atoms. The molecule has 5 heteroatoms. The van der Waals surface area contributed by atoms with Gasteiger partial charge < -0.3 is 4.74 Å². The Morgan fingerprint density at radius 3 is 2.52 bits per heavy atom.